The predicted molar refractivity (Wildman–Crippen MR) is 101 cm³/mol. The molecular formula is C19H29N5. The molecule has 5 nitrogen and oxygen atoms in total. The Bertz CT molecular complexity index is 641. The van der Waals surface area contributed by atoms with Crippen LogP contribution in [0.1, 0.15) is 39.3 Å². The van der Waals surface area contributed by atoms with Gasteiger partial charge in [0.2, 0.25) is 5.95 Å². The Hall–Kier alpha value is -1.88. The third-order valence-corrected chi connectivity index (χ3v) is 5.24. The van der Waals surface area contributed by atoms with E-state index in [4.69, 9.17) is 5.73 Å². The molecule has 3 rings (SSSR count). The van der Waals surface area contributed by atoms with E-state index in [1.54, 1.807) is 0 Å². The SMILES string of the molecule is CC1=CCCC(C)(C)C1/C=C/c1cc(N2CCNCC2)nc(N)n1. The molecule has 1 aromatic rings. The first-order valence-electron chi connectivity index (χ1n) is 8.91. The van der Waals surface area contributed by atoms with E-state index < -0.39 is 0 Å². The minimum atomic E-state index is 0.287. The molecule has 2 aliphatic rings. The minimum Gasteiger partial charge on any atom is -0.368 e. The van der Waals surface area contributed by atoms with Gasteiger partial charge < -0.3 is 16.0 Å². The molecule has 24 heavy (non-hydrogen) atoms. The van der Waals surface area contributed by atoms with Crippen LogP contribution >= 0.6 is 0 Å². The molecule has 1 saturated heterocycles. The molecule has 0 radical (unpaired) electrons. The monoisotopic (exact) mass is 327 g/mol. The Labute approximate surface area is 145 Å². The molecule has 1 aromatic heterocycles. The Morgan fingerprint density at radius 1 is 1.29 bits per heavy atom. The first kappa shape index (κ1) is 17.0. The standard InChI is InChI=1S/C19H29N5/c1-14-5-4-8-19(2,3)16(14)7-6-15-13-17(23-18(20)22-15)24-11-9-21-10-12-24/h5-7,13,16,21H,4,8-12H2,1-3H3,(H2,20,22,23)/b7-6+. The van der Waals surface area contributed by atoms with Crippen LogP contribution in [0.2, 0.25) is 0 Å². The van der Waals surface area contributed by atoms with Crippen LogP contribution in [-0.4, -0.2) is 36.1 Å². The fraction of sp³-hybridized carbons (Fsp3) is 0.579. The van der Waals surface area contributed by atoms with E-state index in [-0.39, 0.29) is 5.41 Å². The Morgan fingerprint density at radius 3 is 2.75 bits per heavy atom. The van der Waals surface area contributed by atoms with Gasteiger partial charge in [0.25, 0.3) is 0 Å². The molecule has 1 atom stereocenters. The summed E-state index contributed by atoms with van der Waals surface area (Å²) in [6.07, 6.45) is 9.15. The number of rotatable bonds is 3. The first-order valence-corrected chi connectivity index (χ1v) is 8.91. The highest BCUT2D eigenvalue weighted by Gasteiger charge is 2.30. The van der Waals surface area contributed by atoms with E-state index in [9.17, 15) is 0 Å². The third-order valence-electron chi connectivity index (χ3n) is 5.24. The van der Waals surface area contributed by atoms with Crippen LogP contribution in [0, 0.1) is 11.3 Å². The van der Waals surface area contributed by atoms with Crippen molar-refractivity contribution in [3.05, 3.63) is 29.5 Å². The van der Waals surface area contributed by atoms with E-state index in [0.717, 1.165) is 37.7 Å². The minimum absolute atomic E-state index is 0.287. The number of anilines is 2. The molecule has 130 valence electrons. The van der Waals surface area contributed by atoms with Crippen molar-refractivity contribution in [2.24, 2.45) is 11.3 Å². The van der Waals surface area contributed by atoms with E-state index in [2.05, 4.69) is 59.2 Å². The van der Waals surface area contributed by atoms with Gasteiger partial charge in [-0.3, -0.25) is 0 Å². The normalized spacial score (nSPS) is 24.2. The number of aromatic nitrogens is 2. The molecule has 1 unspecified atom stereocenters. The van der Waals surface area contributed by atoms with Crippen LogP contribution in [0.25, 0.3) is 6.08 Å². The number of hydrogen-bond acceptors (Lipinski definition) is 5. The van der Waals surface area contributed by atoms with Crippen molar-refractivity contribution in [2.75, 3.05) is 36.8 Å². The lowest BCUT2D eigenvalue weighted by Gasteiger charge is -2.36. The molecule has 5 heteroatoms. The Balaban J connectivity index is 1.83. The number of hydrogen-bond donors (Lipinski definition) is 2. The third kappa shape index (κ3) is 3.78. The zero-order valence-electron chi connectivity index (χ0n) is 15.0. The summed E-state index contributed by atoms with van der Waals surface area (Å²) in [7, 11) is 0. The van der Waals surface area contributed by atoms with Gasteiger partial charge in [0.1, 0.15) is 5.82 Å². The number of nitrogens with two attached hydrogens (primary N) is 1. The molecule has 0 amide bonds. The summed E-state index contributed by atoms with van der Waals surface area (Å²) in [5, 5.41) is 3.36. The smallest absolute Gasteiger partial charge is 0.222 e. The van der Waals surface area contributed by atoms with Crippen molar-refractivity contribution in [3.63, 3.8) is 0 Å². The molecule has 1 fully saturated rings. The van der Waals surface area contributed by atoms with Gasteiger partial charge in [-0.15, -0.1) is 0 Å². The molecule has 3 N–H and O–H groups in total. The maximum Gasteiger partial charge on any atom is 0.222 e. The van der Waals surface area contributed by atoms with Crippen molar-refractivity contribution < 1.29 is 0 Å². The van der Waals surface area contributed by atoms with Crippen molar-refractivity contribution in [1.82, 2.24) is 15.3 Å². The highest BCUT2D eigenvalue weighted by Crippen LogP contribution is 2.41. The largest absolute Gasteiger partial charge is 0.368 e. The fourth-order valence-corrected chi connectivity index (χ4v) is 3.79. The molecule has 0 bridgehead atoms. The predicted octanol–water partition coefficient (Wildman–Crippen LogP) is 2.86. The maximum atomic E-state index is 5.95. The Kier molecular flexibility index (Phi) is 4.90. The van der Waals surface area contributed by atoms with Crippen LogP contribution in [-0.2, 0) is 0 Å². The topological polar surface area (TPSA) is 67.1 Å². The summed E-state index contributed by atoms with van der Waals surface area (Å²) in [5.41, 5.74) is 8.58. The molecule has 0 spiro atoms. The van der Waals surface area contributed by atoms with Gasteiger partial charge in [0.05, 0.1) is 5.69 Å². The second kappa shape index (κ2) is 6.93. The van der Waals surface area contributed by atoms with Crippen LogP contribution < -0.4 is 16.0 Å². The molecule has 0 aromatic carbocycles. The average molecular weight is 327 g/mol. The number of nitrogens with one attached hydrogen (secondary N) is 1. The molecule has 1 aliphatic heterocycles. The lowest BCUT2D eigenvalue weighted by molar-refractivity contribution is 0.256. The van der Waals surface area contributed by atoms with Crippen LogP contribution in [0.15, 0.2) is 23.8 Å². The van der Waals surface area contributed by atoms with Crippen LogP contribution in [0.3, 0.4) is 0 Å². The first-order chi connectivity index (χ1) is 11.5. The number of nitrogens with zero attached hydrogens (tertiary/aromatic N) is 3. The zero-order chi connectivity index (χ0) is 17.2. The summed E-state index contributed by atoms with van der Waals surface area (Å²) in [4.78, 5) is 11.1. The second-order valence-electron chi connectivity index (χ2n) is 7.56. The van der Waals surface area contributed by atoms with Gasteiger partial charge in [-0.05, 0) is 31.3 Å². The highest BCUT2D eigenvalue weighted by atomic mass is 15.2. The lowest BCUT2D eigenvalue weighted by Crippen LogP contribution is -2.44. The van der Waals surface area contributed by atoms with E-state index in [0.29, 0.717) is 11.9 Å². The van der Waals surface area contributed by atoms with Crippen LogP contribution in [0.4, 0.5) is 11.8 Å². The summed E-state index contributed by atoms with van der Waals surface area (Å²) in [6, 6.07) is 2.05. The maximum absolute atomic E-state index is 5.95. The summed E-state index contributed by atoms with van der Waals surface area (Å²) in [5.74, 6) is 1.73. The number of piperazine rings is 1. The van der Waals surface area contributed by atoms with Gasteiger partial charge in [-0.2, -0.15) is 4.98 Å². The summed E-state index contributed by atoms with van der Waals surface area (Å²) in [6.45, 7) is 10.8. The second-order valence-corrected chi connectivity index (χ2v) is 7.56. The molecule has 2 heterocycles. The van der Waals surface area contributed by atoms with Gasteiger partial charge in [0, 0.05) is 38.2 Å². The highest BCUT2D eigenvalue weighted by molar-refractivity contribution is 5.55. The zero-order valence-corrected chi connectivity index (χ0v) is 15.0. The summed E-state index contributed by atoms with van der Waals surface area (Å²) < 4.78 is 0. The number of allylic oxidation sites excluding steroid dienone is 3. The quantitative estimate of drug-likeness (QED) is 0.836. The van der Waals surface area contributed by atoms with Gasteiger partial charge in [-0.25, -0.2) is 4.98 Å². The summed E-state index contributed by atoms with van der Waals surface area (Å²) >= 11 is 0. The Morgan fingerprint density at radius 2 is 2.04 bits per heavy atom. The van der Waals surface area contributed by atoms with Crippen LogP contribution in [0.5, 0.6) is 0 Å². The van der Waals surface area contributed by atoms with E-state index in [1.807, 2.05) is 6.07 Å². The van der Waals surface area contributed by atoms with Crippen molar-refractivity contribution in [3.8, 4) is 0 Å². The van der Waals surface area contributed by atoms with E-state index >= 15 is 0 Å². The van der Waals surface area contributed by atoms with Crippen molar-refractivity contribution >= 4 is 17.8 Å². The molecule has 0 saturated carbocycles. The molecule has 1 aliphatic carbocycles. The van der Waals surface area contributed by atoms with Crippen molar-refractivity contribution in [1.29, 1.82) is 0 Å². The lowest BCUT2D eigenvalue weighted by atomic mass is 9.68. The van der Waals surface area contributed by atoms with Gasteiger partial charge in [0.15, 0.2) is 0 Å². The number of nitrogen functional groups attached to an aromatic ring is 1. The molecular weight excluding hydrogens is 298 g/mol. The van der Waals surface area contributed by atoms with Gasteiger partial charge >= 0.3 is 0 Å². The fourth-order valence-electron chi connectivity index (χ4n) is 3.79. The van der Waals surface area contributed by atoms with E-state index in [1.165, 1.54) is 18.4 Å². The average Bonchev–Trinajstić information content (AvgIpc) is 2.54. The van der Waals surface area contributed by atoms with Gasteiger partial charge in [-0.1, -0.05) is 31.6 Å². The van der Waals surface area contributed by atoms with Crippen molar-refractivity contribution in [2.45, 2.75) is 33.6 Å².